The molecule has 0 saturated carbocycles. The number of aromatic nitrogens is 2. The highest BCUT2D eigenvalue weighted by Gasteiger charge is 2.37. The van der Waals surface area contributed by atoms with Crippen LogP contribution < -0.4 is 10.1 Å². The largest absolute Gasteiger partial charge is 0.494 e. The van der Waals surface area contributed by atoms with Gasteiger partial charge in [-0.3, -0.25) is 4.79 Å². The molecule has 2 unspecified atom stereocenters. The van der Waals surface area contributed by atoms with E-state index >= 15 is 0 Å². The molecule has 4 rings (SSSR count). The minimum atomic E-state index is -2.00. The van der Waals surface area contributed by atoms with Gasteiger partial charge >= 0.3 is 0 Å². The average Bonchev–Trinajstić information content (AvgIpc) is 3.37. The van der Waals surface area contributed by atoms with Crippen LogP contribution in [0.5, 0.6) is 5.75 Å². The van der Waals surface area contributed by atoms with Crippen molar-refractivity contribution in [2.75, 3.05) is 20.3 Å². The minimum absolute atomic E-state index is 0.0939. The molecular weight excluding hydrogens is 495 g/mol. The second kappa shape index (κ2) is 11.4. The third-order valence-corrected chi connectivity index (χ3v) is 6.87. The average molecular weight is 523 g/mol. The molecule has 1 fully saturated rings. The van der Waals surface area contributed by atoms with Crippen LogP contribution in [0.3, 0.4) is 0 Å². The number of nitrogens with zero attached hydrogens (tertiary/aromatic N) is 3. The van der Waals surface area contributed by atoms with Gasteiger partial charge in [0.2, 0.25) is 0 Å². The van der Waals surface area contributed by atoms with Gasteiger partial charge < -0.3 is 28.9 Å². The van der Waals surface area contributed by atoms with E-state index in [2.05, 4.69) is 20.4 Å². The first-order chi connectivity index (χ1) is 17.2. The Morgan fingerprint density at radius 1 is 1.28 bits per heavy atom. The van der Waals surface area contributed by atoms with Gasteiger partial charge in [-0.05, 0) is 37.6 Å². The van der Waals surface area contributed by atoms with Crippen molar-refractivity contribution in [1.82, 2.24) is 15.3 Å². The van der Waals surface area contributed by atoms with Gasteiger partial charge in [0.1, 0.15) is 23.3 Å². The number of rotatable bonds is 8. The molecule has 5 atom stereocenters. The second-order valence-corrected chi connectivity index (χ2v) is 9.74. The van der Waals surface area contributed by atoms with E-state index in [1.54, 1.807) is 19.9 Å². The van der Waals surface area contributed by atoms with Gasteiger partial charge in [0, 0.05) is 13.0 Å². The molecule has 2 N–H and O–H groups in total. The molecule has 194 valence electrons. The van der Waals surface area contributed by atoms with Crippen LogP contribution in [0.25, 0.3) is 0 Å². The van der Waals surface area contributed by atoms with Gasteiger partial charge in [0.15, 0.2) is 28.8 Å². The molecule has 1 aromatic heterocycles. The van der Waals surface area contributed by atoms with E-state index in [1.807, 2.05) is 0 Å². The van der Waals surface area contributed by atoms with Crippen molar-refractivity contribution in [3.63, 3.8) is 0 Å². The van der Waals surface area contributed by atoms with Gasteiger partial charge in [0.05, 0.1) is 37.4 Å². The van der Waals surface area contributed by atoms with Gasteiger partial charge in [-0.2, -0.15) is 0 Å². The standard InChI is InChI=1S/C23H27FN4O7S/c1-12(36(30)31)21-10-34-22(11-33-21)20-8-17(28-35-20)16-7-18(27-13(2)26-16)23(29)25-9-14-4-5-15(24)19(6-14)32-3/h4-7,12,20-22H,8-11H2,1-3H3,(H,25,29)(H,30,31)/t12?,20-,21-,22+/m0/s1. The summed E-state index contributed by atoms with van der Waals surface area (Å²) in [5.74, 6) is -0.427. The normalized spacial score (nSPS) is 23.4. The number of hydrogen-bond acceptors (Lipinski definition) is 9. The number of carbonyl (C=O) groups is 1. The summed E-state index contributed by atoms with van der Waals surface area (Å²) in [5.41, 5.74) is 1.82. The number of benzene rings is 1. The molecule has 1 saturated heterocycles. The molecule has 2 aliphatic rings. The van der Waals surface area contributed by atoms with Crippen LogP contribution in [0, 0.1) is 12.7 Å². The summed E-state index contributed by atoms with van der Waals surface area (Å²) in [6, 6.07) is 5.88. The van der Waals surface area contributed by atoms with Crippen LogP contribution in [-0.4, -0.2) is 74.2 Å². The predicted molar refractivity (Wildman–Crippen MR) is 127 cm³/mol. The Morgan fingerprint density at radius 2 is 2.08 bits per heavy atom. The van der Waals surface area contributed by atoms with Crippen molar-refractivity contribution in [3.05, 3.63) is 52.9 Å². The fourth-order valence-corrected chi connectivity index (χ4v) is 4.23. The molecule has 1 amide bonds. The van der Waals surface area contributed by atoms with Crippen molar-refractivity contribution in [3.8, 4) is 5.75 Å². The van der Waals surface area contributed by atoms with E-state index in [1.165, 1.54) is 25.3 Å². The van der Waals surface area contributed by atoms with Crippen LogP contribution in [0.4, 0.5) is 4.39 Å². The molecule has 0 bridgehead atoms. The molecule has 36 heavy (non-hydrogen) atoms. The fourth-order valence-electron chi connectivity index (χ4n) is 3.81. The van der Waals surface area contributed by atoms with Crippen LogP contribution in [0.2, 0.25) is 0 Å². The molecule has 0 aliphatic carbocycles. The van der Waals surface area contributed by atoms with Crippen LogP contribution >= 0.6 is 0 Å². The lowest BCUT2D eigenvalue weighted by Crippen LogP contribution is -2.47. The number of amides is 1. The number of oxime groups is 1. The summed E-state index contributed by atoms with van der Waals surface area (Å²) in [4.78, 5) is 26.9. The van der Waals surface area contributed by atoms with E-state index in [-0.39, 0.29) is 31.2 Å². The highest BCUT2D eigenvalue weighted by Crippen LogP contribution is 2.24. The molecule has 2 aromatic rings. The molecular formula is C23H27FN4O7S. The van der Waals surface area contributed by atoms with Crippen molar-refractivity contribution < 1.29 is 37.0 Å². The molecule has 0 spiro atoms. The number of hydrogen-bond donors (Lipinski definition) is 2. The summed E-state index contributed by atoms with van der Waals surface area (Å²) >= 11 is -2.00. The smallest absolute Gasteiger partial charge is 0.270 e. The maximum Gasteiger partial charge on any atom is 0.270 e. The van der Waals surface area contributed by atoms with Crippen molar-refractivity contribution >= 4 is 22.7 Å². The lowest BCUT2D eigenvalue weighted by Gasteiger charge is -2.33. The summed E-state index contributed by atoms with van der Waals surface area (Å²) in [7, 11) is 1.37. The monoisotopic (exact) mass is 522 g/mol. The maximum atomic E-state index is 13.6. The molecule has 2 aliphatic heterocycles. The summed E-state index contributed by atoms with van der Waals surface area (Å²) in [6.07, 6.45) is -0.917. The van der Waals surface area contributed by atoms with Crippen LogP contribution in [-0.2, 0) is 31.9 Å². The van der Waals surface area contributed by atoms with Crippen LogP contribution in [0.1, 0.15) is 40.9 Å². The Kier molecular flexibility index (Phi) is 8.24. The Balaban J connectivity index is 1.36. The fraction of sp³-hybridized carbons (Fsp3) is 0.478. The summed E-state index contributed by atoms with van der Waals surface area (Å²) in [5, 5.41) is 6.32. The second-order valence-electron chi connectivity index (χ2n) is 8.45. The number of halogens is 1. The molecule has 1 aromatic carbocycles. The first-order valence-electron chi connectivity index (χ1n) is 11.3. The third kappa shape index (κ3) is 6.03. The van der Waals surface area contributed by atoms with E-state index < -0.39 is 46.4 Å². The quantitative estimate of drug-likeness (QED) is 0.496. The molecule has 11 nitrogen and oxygen atoms in total. The Bertz CT molecular complexity index is 1170. The van der Waals surface area contributed by atoms with Crippen molar-refractivity contribution in [2.24, 2.45) is 5.16 Å². The summed E-state index contributed by atoms with van der Waals surface area (Å²) < 4.78 is 50.6. The molecule has 3 heterocycles. The van der Waals surface area contributed by atoms with Crippen LogP contribution in [0.15, 0.2) is 29.4 Å². The Hall–Kier alpha value is -3.00. The van der Waals surface area contributed by atoms with Crippen molar-refractivity contribution in [1.29, 1.82) is 0 Å². The van der Waals surface area contributed by atoms with Gasteiger partial charge in [0.25, 0.3) is 5.91 Å². The number of aryl methyl sites for hydroxylation is 1. The SMILES string of the molecule is COc1cc(CNC(=O)c2cc(C3=NO[C@H]([C@H]4CO[C@H](C(C)S(=O)O)CO4)C3)nc(C)n2)ccc1F. The zero-order chi connectivity index (χ0) is 25.8. The van der Waals surface area contributed by atoms with Gasteiger partial charge in [-0.15, -0.1) is 0 Å². The van der Waals surface area contributed by atoms with Gasteiger partial charge in [-0.25, -0.2) is 18.6 Å². The first kappa shape index (κ1) is 26.1. The lowest BCUT2D eigenvalue weighted by molar-refractivity contribution is -0.170. The Labute approximate surface area is 209 Å². The van der Waals surface area contributed by atoms with E-state index in [0.717, 1.165) is 0 Å². The first-order valence-corrected chi connectivity index (χ1v) is 12.4. The number of methoxy groups -OCH3 is 1. The summed E-state index contributed by atoms with van der Waals surface area (Å²) in [6.45, 7) is 3.82. The minimum Gasteiger partial charge on any atom is -0.494 e. The molecule has 0 radical (unpaired) electrons. The highest BCUT2D eigenvalue weighted by atomic mass is 32.2. The number of ether oxygens (including phenoxy) is 3. The van der Waals surface area contributed by atoms with E-state index in [9.17, 15) is 17.9 Å². The maximum absolute atomic E-state index is 13.6. The number of carbonyl (C=O) groups excluding carboxylic acids is 1. The number of nitrogens with one attached hydrogen (secondary N) is 1. The zero-order valence-electron chi connectivity index (χ0n) is 20.0. The van der Waals surface area contributed by atoms with E-state index in [4.69, 9.17) is 19.0 Å². The highest BCUT2D eigenvalue weighted by molar-refractivity contribution is 7.79. The zero-order valence-corrected chi connectivity index (χ0v) is 20.8. The van der Waals surface area contributed by atoms with E-state index in [0.29, 0.717) is 29.2 Å². The van der Waals surface area contributed by atoms with Crippen molar-refractivity contribution in [2.45, 2.75) is 50.4 Å². The molecule has 13 heteroatoms. The Morgan fingerprint density at radius 3 is 2.78 bits per heavy atom. The topological polar surface area (TPSA) is 141 Å². The predicted octanol–water partition coefficient (Wildman–Crippen LogP) is 1.75. The lowest BCUT2D eigenvalue weighted by atomic mass is 10.0. The van der Waals surface area contributed by atoms with Gasteiger partial charge in [-0.1, -0.05) is 11.2 Å². The third-order valence-electron chi connectivity index (χ3n) is 5.93.